The van der Waals surface area contributed by atoms with Gasteiger partial charge in [-0.15, -0.1) is 0 Å². The second-order valence-corrected chi connectivity index (χ2v) is 6.93. The van der Waals surface area contributed by atoms with Crippen LogP contribution in [0, 0.1) is 5.82 Å². The van der Waals surface area contributed by atoms with Gasteiger partial charge in [0.2, 0.25) is 0 Å². The number of benzene rings is 2. The smallest absolute Gasteiger partial charge is 0.321 e. The molecule has 0 bridgehead atoms. The predicted octanol–water partition coefficient (Wildman–Crippen LogP) is 4.27. The number of para-hydroxylation sites is 1. The number of rotatable bonds is 3. The van der Waals surface area contributed by atoms with Gasteiger partial charge in [0, 0.05) is 24.2 Å². The molecule has 0 spiro atoms. The Kier molecular flexibility index (Phi) is 4.56. The molecule has 1 aliphatic rings. The molecule has 0 fully saturated rings. The van der Waals surface area contributed by atoms with E-state index in [1.54, 1.807) is 12.1 Å². The molecule has 0 unspecified atom stereocenters. The summed E-state index contributed by atoms with van der Waals surface area (Å²) in [6.07, 6.45) is 1.99. The number of hydrogen-bond donors (Lipinski definition) is 1. The lowest BCUT2D eigenvalue weighted by Crippen LogP contribution is -2.46. The van der Waals surface area contributed by atoms with Gasteiger partial charge in [-0.1, -0.05) is 44.2 Å². The minimum Gasteiger partial charge on any atom is -0.337 e. The number of amides is 2. The van der Waals surface area contributed by atoms with Gasteiger partial charge < -0.3 is 5.32 Å². The molecule has 0 radical (unpaired) electrons. The topological polar surface area (TPSA) is 32.3 Å². The van der Waals surface area contributed by atoms with E-state index in [-0.39, 0.29) is 17.3 Å². The number of carbonyl (C=O) groups excluding carboxylic acids is 1. The highest BCUT2D eigenvalue weighted by Gasteiger charge is 2.25. The zero-order valence-corrected chi connectivity index (χ0v) is 14.2. The molecule has 126 valence electrons. The van der Waals surface area contributed by atoms with Crippen LogP contribution in [0.2, 0.25) is 0 Å². The minimum absolute atomic E-state index is 0.0719. The van der Waals surface area contributed by atoms with Crippen molar-refractivity contribution in [3.8, 4) is 0 Å². The van der Waals surface area contributed by atoms with Gasteiger partial charge in [-0.05, 0) is 42.2 Å². The number of carbonyl (C=O) groups is 1. The lowest BCUT2D eigenvalue weighted by Gasteiger charge is -2.32. The maximum Gasteiger partial charge on any atom is 0.321 e. The molecule has 0 atom stereocenters. The number of aryl methyl sites for hydroxylation is 1. The van der Waals surface area contributed by atoms with Crippen molar-refractivity contribution in [2.45, 2.75) is 32.1 Å². The first-order valence-electron chi connectivity index (χ1n) is 8.37. The van der Waals surface area contributed by atoms with Crippen LogP contribution in [-0.4, -0.2) is 19.1 Å². The van der Waals surface area contributed by atoms with Crippen molar-refractivity contribution >= 4 is 11.7 Å². The second-order valence-electron chi connectivity index (χ2n) is 6.93. The summed E-state index contributed by atoms with van der Waals surface area (Å²) in [5.74, 6) is -0.247. The summed E-state index contributed by atoms with van der Waals surface area (Å²) in [6, 6.07) is 14.5. The third kappa shape index (κ3) is 3.42. The van der Waals surface area contributed by atoms with Gasteiger partial charge in [-0.3, -0.25) is 4.90 Å². The Labute approximate surface area is 142 Å². The lowest BCUT2D eigenvalue weighted by atomic mass is 9.84. The van der Waals surface area contributed by atoms with Crippen molar-refractivity contribution in [3.05, 3.63) is 65.5 Å². The van der Waals surface area contributed by atoms with Crippen LogP contribution in [0.1, 0.15) is 31.4 Å². The average Bonchev–Trinajstić information content (AvgIpc) is 2.59. The molecule has 2 aromatic rings. The Bertz CT molecular complexity index is 725. The van der Waals surface area contributed by atoms with E-state index in [2.05, 4.69) is 11.4 Å². The molecule has 0 aromatic heterocycles. The molecule has 3 rings (SSSR count). The van der Waals surface area contributed by atoms with Crippen LogP contribution in [0.5, 0.6) is 0 Å². The lowest BCUT2D eigenvalue weighted by molar-refractivity contribution is 0.243. The number of anilines is 1. The van der Waals surface area contributed by atoms with Crippen LogP contribution < -0.4 is 10.2 Å². The normalized spacial score (nSPS) is 14.2. The van der Waals surface area contributed by atoms with Crippen molar-refractivity contribution < 1.29 is 9.18 Å². The quantitative estimate of drug-likeness (QED) is 0.898. The van der Waals surface area contributed by atoms with E-state index in [0.717, 1.165) is 30.6 Å². The summed E-state index contributed by atoms with van der Waals surface area (Å²) in [6.45, 7) is 5.32. The van der Waals surface area contributed by atoms with E-state index >= 15 is 0 Å². The summed E-state index contributed by atoms with van der Waals surface area (Å²) in [4.78, 5) is 14.5. The first-order valence-corrected chi connectivity index (χ1v) is 8.37. The highest BCUT2D eigenvalue weighted by molar-refractivity contribution is 5.93. The molecule has 1 aliphatic heterocycles. The van der Waals surface area contributed by atoms with Crippen LogP contribution in [0.25, 0.3) is 0 Å². The first-order chi connectivity index (χ1) is 11.5. The summed E-state index contributed by atoms with van der Waals surface area (Å²) in [7, 11) is 0. The summed E-state index contributed by atoms with van der Waals surface area (Å²) in [5, 5.41) is 3.04. The Morgan fingerprint density at radius 3 is 2.62 bits per heavy atom. The minimum atomic E-state index is -0.265. The number of nitrogens with zero attached hydrogens (tertiary/aromatic N) is 1. The molecule has 0 aliphatic carbocycles. The largest absolute Gasteiger partial charge is 0.337 e. The highest BCUT2D eigenvalue weighted by atomic mass is 19.1. The van der Waals surface area contributed by atoms with Gasteiger partial charge in [0.1, 0.15) is 5.82 Å². The van der Waals surface area contributed by atoms with E-state index < -0.39 is 0 Å². The fourth-order valence-corrected chi connectivity index (χ4v) is 3.14. The Balaban J connectivity index is 1.68. The van der Waals surface area contributed by atoms with E-state index in [4.69, 9.17) is 0 Å². The predicted molar refractivity (Wildman–Crippen MR) is 94.9 cm³/mol. The van der Waals surface area contributed by atoms with E-state index in [9.17, 15) is 9.18 Å². The van der Waals surface area contributed by atoms with Gasteiger partial charge in [0.25, 0.3) is 0 Å². The Morgan fingerprint density at radius 2 is 1.88 bits per heavy atom. The SMILES string of the molecule is CC(C)(CNC(=O)N1CCCc2ccccc21)c1ccc(F)cc1. The van der Waals surface area contributed by atoms with Crippen molar-refractivity contribution in [2.24, 2.45) is 0 Å². The number of nitrogens with one attached hydrogen (secondary N) is 1. The number of hydrogen-bond acceptors (Lipinski definition) is 1. The third-order valence-corrected chi connectivity index (χ3v) is 4.66. The number of urea groups is 1. The van der Waals surface area contributed by atoms with Crippen molar-refractivity contribution in [1.29, 1.82) is 0 Å². The molecular weight excluding hydrogens is 303 g/mol. The summed E-state index contributed by atoms with van der Waals surface area (Å²) < 4.78 is 13.1. The summed E-state index contributed by atoms with van der Waals surface area (Å²) in [5.41, 5.74) is 2.96. The molecule has 2 amide bonds. The highest BCUT2D eigenvalue weighted by Crippen LogP contribution is 2.27. The van der Waals surface area contributed by atoms with Gasteiger partial charge >= 0.3 is 6.03 Å². The van der Waals surface area contributed by atoms with E-state index in [1.807, 2.05) is 36.9 Å². The molecule has 0 saturated heterocycles. The van der Waals surface area contributed by atoms with Crippen LogP contribution in [0.15, 0.2) is 48.5 Å². The maximum absolute atomic E-state index is 13.1. The third-order valence-electron chi connectivity index (χ3n) is 4.66. The summed E-state index contributed by atoms with van der Waals surface area (Å²) >= 11 is 0. The van der Waals surface area contributed by atoms with Crippen molar-refractivity contribution in [1.82, 2.24) is 5.32 Å². The van der Waals surface area contributed by atoms with Crippen LogP contribution in [0.3, 0.4) is 0 Å². The molecule has 0 saturated carbocycles. The Morgan fingerprint density at radius 1 is 1.17 bits per heavy atom. The molecule has 3 nitrogen and oxygen atoms in total. The second kappa shape index (κ2) is 6.63. The molecule has 1 N–H and O–H groups in total. The van der Waals surface area contributed by atoms with Gasteiger partial charge in [-0.2, -0.15) is 0 Å². The van der Waals surface area contributed by atoms with E-state index in [0.29, 0.717) is 6.54 Å². The fourth-order valence-electron chi connectivity index (χ4n) is 3.14. The van der Waals surface area contributed by atoms with Gasteiger partial charge in [0.05, 0.1) is 0 Å². The first kappa shape index (κ1) is 16.5. The zero-order valence-electron chi connectivity index (χ0n) is 14.2. The van der Waals surface area contributed by atoms with E-state index in [1.165, 1.54) is 17.7 Å². The maximum atomic E-state index is 13.1. The van der Waals surface area contributed by atoms with Crippen LogP contribution in [0.4, 0.5) is 14.9 Å². The molecule has 24 heavy (non-hydrogen) atoms. The average molecular weight is 326 g/mol. The Hall–Kier alpha value is -2.36. The van der Waals surface area contributed by atoms with Crippen LogP contribution in [-0.2, 0) is 11.8 Å². The van der Waals surface area contributed by atoms with Gasteiger partial charge in [0.15, 0.2) is 0 Å². The number of fused-ring (bicyclic) bond motifs is 1. The van der Waals surface area contributed by atoms with Crippen molar-refractivity contribution in [3.63, 3.8) is 0 Å². The molecular formula is C20H23FN2O. The zero-order chi connectivity index (χ0) is 17.2. The molecule has 4 heteroatoms. The van der Waals surface area contributed by atoms with Crippen molar-refractivity contribution in [2.75, 3.05) is 18.0 Å². The molecule has 2 aromatic carbocycles. The fraction of sp³-hybridized carbons (Fsp3) is 0.350. The van der Waals surface area contributed by atoms with Crippen LogP contribution >= 0.6 is 0 Å². The monoisotopic (exact) mass is 326 g/mol. The van der Waals surface area contributed by atoms with Gasteiger partial charge in [-0.25, -0.2) is 9.18 Å². The standard InChI is InChI=1S/C20H23FN2O/c1-20(2,16-9-11-17(21)12-10-16)14-22-19(24)23-13-5-7-15-6-3-4-8-18(15)23/h3-4,6,8-12H,5,7,13-14H2,1-2H3,(H,22,24). The number of halogens is 1. The molecule has 1 heterocycles.